The van der Waals surface area contributed by atoms with Crippen LogP contribution in [0.3, 0.4) is 0 Å². The van der Waals surface area contributed by atoms with E-state index in [9.17, 15) is 0 Å². The monoisotopic (exact) mass is 194 g/mol. The molecule has 0 aliphatic heterocycles. The molecule has 2 fully saturated rings. The molecule has 2 saturated carbocycles. The molecule has 0 heteroatoms. The quantitative estimate of drug-likeness (QED) is 0.570. The van der Waals surface area contributed by atoms with Crippen molar-refractivity contribution in [3.8, 4) is 0 Å². The Morgan fingerprint density at radius 3 is 2.29 bits per heavy atom. The van der Waals surface area contributed by atoms with Crippen molar-refractivity contribution in [3.05, 3.63) is 0 Å². The van der Waals surface area contributed by atoms with Crippen molar-refractivity contribution in [2.45, 2.75) is 65.2 Å². The molecule has 0 heterocycles. The smallest absolute Gasteiger partial charge is 0.0360 e. The molecule has 3 unspecified atom stereocenters. The van der Waals surface area contributed by atoms with E-state index in [1.54, 1.807) is 19.3 Å². The highest BCUT2D eigenvalue weighted by Crippen LogP contribution is 2.42. The fourth-order valence-electron chi connectivity index (χ4n) is 3.85. The Balaban J connectivity index is 2.08. The third-order valence-electron chi connectivity index (χ3n) is 4.69. The van der Waals surface area contributed by atoms with E-state index in [-0.39, 0.29) is 0 Å². The van der Waals surface area contributed by atoms with Crippen LogP contribution in [0.4, 0.5) is 0 Å². The largest absolute Gasteiger partial charge is 0.0625 e. The van der Waals surface area contributed by atoms with Crippen LogP contribution in [0, 0.1) is 23.7 Å². The van der Waals surface area contributed by atoms with E-state index in [4.69, 9.17) is 0 Å². The Bertz CT molecular complexity index is 167. The summed E-state index contributed by atoms with van der Waals surface area (Å²) in [4.78, 5) is 0. The first-order chi connectivity index (χ1) is 6.77. The molecule has 0 nitrogen and oxygen atoms in total. The molecule has 0 saturated heterocycles. The molecule has 2 aliphatic rings. The minimum Gasteiger partial charge on any atom is -0.0625 e. The van der Waals surface area contributed by atoms with Gasteiger partial charge in [0.1, 0.15) is 0 Å². The maximum atomic E-state index is 2.45. The van der Waals surface area contributed by atoms with E-state index in [0.717, 1.165) is 23.7 Å². The van der Waals surface area contributed by atoms with Gasteiger partial charge in [0.25, 0.3) is 0 Å². The first-order valence-corrected chi connectivity index (χ1v) is 6.77. The van der Waals surface area contributed by atoms with Crippen molar-refractivity contribution in [1.82, 2.24) is 0 Å². The topological polar surface area (TPSA) is 0 Å². The minimum atomic E-state index is 0.929. The van der Waals surface area contributed by atoms with E-state index in [0.29, 0.717) is 0 Å². The average Bonchev–Trinajstić information content (AvgIpc) is 2.23. The summed E-state index contributed by atoms with van der Waals surface area (Å²) in [5.74, 6) is 4.16. The molecular weight excluding hydrogens is 168 g/mol. The first kappa shape index (κ1) is 10.5. The van der Waals surface area contributed by atoms with Crippen LogP contribution in [0.1, 0.15) is 65.2 Å². The predicted octanol–water partition coefficient (Wildman–Crippen LogP) is 4.64. The van der Waals surface area contributed by atoms with E-state index in [1.165, 1.54) is 32.1 Å². The Labute approximate surface area is 89.5 Å². The van der Waals surface area contributed by atoms with Crippen molar-refractivity contribution >= 4 is 0 Å². The van der Waals surface area contributed by atoms with Gasteiger partial charge in [0.05, 0.1) is 0 Å². The van der Waals surface area contributed by atoms with Crippen LogP contribution in [-0.2, 0) is 0 Å². The van der Waals surface area contributed by atoms with Crippen molar-refractivity contribution in [3.63, 3.8) is 0 Å². The molecule has 2 rings (SSSR count). The minimum absolute atomic E-state index is 0.929. The second-order valence-electron chi connectivity index (χ2n) is 5.99. The summed E-state index contributed by atoms with van der Waals surface area (Å²) < 4.78 is 0. The van der Waals surface area contributed by atoms with Crippen LogP contribution in [0.25, 0.3) is 0 Å². The highest BCUT2D eigenvalue weighted by molar-refractivity contribution is 4.82. The maximum Gasteiger partial charge on any atom is -0.0360 e. The molecule has 0 aromatic carbocycles. The summed E-state index contributed by atoms with van der Waals surface area (Å²) in [6, 6.07) is 0. The SMILES string of the molecule is CC(C)C1CC2CCCCC1CCC2. The molecule has 0 aromatic heterocycles. The van der Waals surface area contributed by atoms with Crippen molar-refractivity contribution in [2.24, 2.45) is 23.7 Å². The number of rotatable bonds is 1. The van der Waals surface area contributed by atoms with Crippen LogP contribution in [0.2, 0.25) is 0 Å². The van der Waals surface area contributed by atoms with Gasteiger partial charge in [-0.25, -0.2) is 0 Å². The molecule has 0 N–H and O–H groups in total. The van der Waals surface area contributed by atoms with E-state index < -0.39 is 0 Å². The fourth-order valence-corrected chi connectivity index (χ4v) is 3.85. The van der Waals surface area contributed by atoms with Crippen LogP contribution in [0.5, 0.6) is 0 Å². The van der Waals surface area contributed by atoms with Crippen LogP contribution in [-0.4, -0.2) is 0 Å². The van der Waals surface area contributed by atoms with Gasteiger partial charge in [-0.3, -0.25) is 0 Å². The van der Waals surface area contributed by atoms with Gasteiger partial charge >= 0.3 is 0 Å². The van der Waals surface area contributed by atoms with Gasteiger partial charge in [0.2, 0.25) is 0 Å². The van der Waals surface area contributed by atoms with Crippen LogP contribution in [0.15, 0.2) is 0 Å². The molecule has 14 heavy (non-hydrogen) atoms. The maximum absolute atomic E-state index is 2.45. The summed E-state index contributed by atoms with van der Waals surface area (Å²) in [7, 11) is 0. The molecule has 82 valence electrons. The predicted molar refractivity (Wildman–Crippen MR) is 62.2 cm³/mol. The zero-order valence-electron chi connectivity index (χ0n) is 9.97. The Morgan fingerprint density at radius 2 is 1.50 bits per heavy atom. The summed E-state index contributed by atoms with van der Waals surface area (Å²) >= 11 is 0. The summed E-state index contributed by atoms with van der Waals surface area (Å²) in [6.07, 6.45) is 12.3. The highest BCUT2D eigenvalue weighted by Gasteiger charge is 2.31. The zero-order valence-corrected chi connectivity index (χ0v) is 9.97. The standard InChI is InChI=1S/C14H26/c1-11(2)14-10-12-6-3-4-8-13(14)9-5-7-12/h11-14H,3-10H2,1-2H3. The third-order valence-corrected chi connectivity index (χ3v) is 4.69. The summed E-state index contributed by atoms with van der Waals surface area (Å²) in [5, 5.41) is 0. The zero-order chi connectivity index (χ0) is 9.97. The lowest BCUT2D eigenvalue weighted by Crippen LogP contribution is -2.22. The number of hydrogen-bond donors (Lipinski definition) is 0. The second kappa shape index (κ2) is 4.68. The van der Waals surface area contributed by atoms with Gasteiger partial charge in [0, 0.05) is 0 Å². The Kier molecular flexibility index (Phi) is 3.52. The molecule has 0 radical (unpaired) electrons. The molecule has 0 spiro atoms. The normalized spacial score (nSPS) is 39.2. The number of hydrogen-bond acceptors (Lipinski definition) is 0. The molecule has 2 aliphatic carbocycles. The van der Waals surface area contributed by atoms with Crippen molar-refractivity contribution in [1.29, 1.82) is 0 Å². The highest BCUT2D eigenvalue weighted by atomic mass is 14.4. The molecule has 2 bridgehead atoms. The van der Waals surface area contributed by atoms with Crippen molar-refractivity contribution in [2.75, 3.05) is 0 Å². The lowest BCUT2D eigenvalue weighted by atomic mass is 9.73. The lowest BCUT2D eigenvalue weighted by molar-refractivity contribution is 0.184. The lowest BCUT2D eigenvalue weighted by Gasteiger charge is -2.32. The van der Waals surface area contributed by atoms with E-state index >= 15 is 0 Å². The van der Waals surface area contributed by atoms with Gasteiger partial charge in [0.15, 0.2) is 0 Å². The van der Waals surface area contributed by atoms with Crippen LogP contribution >= 0.6 is 0 Å². The van der Waals surface area contributed by atoms with Gasteiger partial charge in [-0.05, 0) is 30.1 Å². The molecule has 0 aromatic rings. The average molecular weight is 194 g/mol. The third kappa shape index (κ3) is 2.32. The van der Waals surface area contributed by atoms with Gasteiger partial charge in [-0.2, -0.15) is 0 Å². The van der Waals surface area contributed by atoms with Crippen molar-refractivity contribution < 1.29 is 0 Å². The van der Waals surface area contributed by atoms with E-state index in [2.05, 4.69) is 13.8 Å². The van der Waals surface area contributed by atoms with E-state index in [1.807, 2.05) is 0 Å². The Hall–Kier alpha value is 0. The summed E-state index contributed by atoms with van der Waals surface area (Å²) in [6.45, 7) is 4.89. The molecule has 0 amide bonds. The Morgan fingerprint density at radius 1 is 0.857 bits per heavy atom. The molecular formula is C14H26. The van der Waals surface area contributed by atoms with Gasteiger partial charge in [-0.15, -0.1) is 0 Å². The second-order valence-corrected chi connectivity index (χ2v) is 5.99. The fraction of sp³-hybridized carbons (Fsp3) is 1.00. The number of fused-ring (bicyclic) bond motifs is 3. The summed E-state index contributed by atoms with van der Waals surface area (Å²) in [5.41, 5.74) is 0. The van der Waals surface area contributed by atoms with Gasteiger partial charge < -0.3 is 0 Å². The molecule has 3 atom stereocenters. The first-order valence-electron chi connectivity index (χ1n) is 6.77. The van der Waals surface area contributed by atoms with Crippen LogP contribution < -0.4 is 0 Å². The van der Waals surface area contributed by atoms with Gasteiger partial charge in [-0.1, -0.05) is 58.8 Å².